The van der Waals surface area contributed by atoms with E-state index in [1.807, 2.05) is 0 Å². The molecular weight excluding hydrogens is 439 g/mol. The summed E-state index contributed by atoms with van der Waals surface area (Å²) >= 11 is 0. The Kier molecular flexibility index (Phi) is 24.5. The van der Waals surface area contributed by atoms with E-state index in [9.17, 15) is 0 Å². The van der Waals surface area contributed by atoms with Gasteiger partial charge in [0, 0.05) is 13.7 Å². The zero-order valence-corrected chi connectivity index (χ0v) is 25.7. The summed E-state index contributed by atoms with van der Waals surface area (Å²) < 4.78 is 0. The van der Waals surface area contributed by atoms with Crippen molar-refractivity contribution in [2.45, 2.75) is 187 Å². The Morgan fingerprint density at radius 2 is 0.686 bits per heavy atom. The summed E-state index contributed by atoms with van der Waals surface area (Å²) in [6.45, 7) is 4.62. The fraction of sp³-hybridized carbons (Fsp3) is 0.941. The molecule has 0 spiro atoms. The standard InChI is InChI=1S/C34H68P/c1-3-5-7-9-11-13-15-17-19-21-23-25-27-31-35(33-29-30-34-35)32-28-26-24-22-20-18-16-14-12-10-8-6-4-2/h29,33H,3-28,30-32,34H2,1-2H3/q+1. The zero-order chi connectivity index (χ0) is 25.1. The molecule has 1 heteroatoms. The average molecular weight is 508 g/mol. The quantitative estimate of drug-likeness (QED) is 0.0729. The summed E-state index contributed by atoms with van der Waals surface area (Å²) in [5.74, 6) is 2.74. The van der Waals surface area contributed by atoms with Gasteiger partial charge in [-0.1, -0.05) is 155 Å². The molecule has 1 heterocycles. The zero-order valence-electron chi connectivity index (χ0n) is 24.8. The molecule has 0 atom stereocenters. The molecule has 0 radical (unpaired) electrons. The fourth-order valence-electron chi connectivity index (χ4n) is 6.08. The molecule has 1 aliphatic heterocycles. The van der Waals surface area contributed by atoms with Gasteiger partial charge in [0.05, 0.1) is 24.3 Å². The summed E-state index contributed by atoms with van der Waals surface area (Å²) in [6, 6.07) is 0. The van der Waals surface area contributed by atoms with Crippen LogP contribution in [0.4, 0.5) is 0 Å². The summed E-state index contributed by atoms with van der Waals surface area (Å²) in [4.78, 5) is 0. The second-order valence-corrected chi connectivity index (χ2v) is 16.1. The molecule has 0 aromatic carbocycles. The minimum atomic E-state index is -0.692. The lowest BCUT2D eigenvalue weighted by molar-refractivity contribution is 0.542. The molecule has 0 N–H and O–H groups in total. The van der Waals surface area contributed by atoms with Crippen molar-refractivity contribution in [3.05, 3.63) is 11.9 Å². The van der Waals surface area contributed by atoms with Crippen molar-refractivity contribution in [2.24, 2.45) is 0 Å². The molecule has 0 aromatic heterocycles. The third-order valence-corrected chi connectivity index (χ3v) is 13.0. The monoisotopic (exact) mass is 508 g/mol. The molecule has 0 amide bonds. The third kappa shape index (κ3) is 20.9. The van der Waals surface area contributed by atoms with Crippen LogP contribution in [-0.4, -0.2) is 18.5 Å². The van der Waals surface area contributed by atoms with Crippen LogP contribution in [0.15, 0.2) is 11.9 Å². The third-order valence-electron chi connectivity index (χ3n) is 8.58. The number of hydrogen-bond donors (Lipinski definition) is 0. The normalized spacial score (nSPS) is 14.8. The van der Waals surface area contributed by atoms with Crippen molar-refractivity contribution in [1.29, 1.82) is 0 Å². The molecule has 1 aliphatic rings. The number of allylic oxidation sites excluding steroid dienone is 1. The molecule has 0 aliphatic carbocycles. The van der Waals surface area contributed by atoms with E-state index in [2.05, 4.69) is 25.7 Å². The maximum atomic E-state index is 2.74. The van der Waals surface area contributed by atoms with E-state index in [0.29, 0.717) is 0 Å². The van der Waals surface area contributed by atoms with Gasteiger partial charge < -0.3 is 0 Å². The molecule has 0 saturated carbocycles. The summed E-state index contributed by atoms with van der Waals surface area (Å²) in [5.41, 5.74) is 0. The van der Waals surface area contributed by atoms with Crippen LogP contribution >= 0.6 is 7.26 Å². The van der Waals surface area contributed by atoms with Gasteiger partial charge in [-0.15, -0.1) is 0 Å². The largest absolute Gasteiger partial charge is 0.0671 e. The van der Waals surface area contributed by atoms with Gasteiger partial charge >= 0.3 is 0 Å². The van der Waals surface area contributed by atoms with Crippen LogP contribution < -0.4 is 0 Å². The Morgan fingerprint density at radius 1 is 0.400 bits per heavy atom. The lowest BCUT2D eigenvalue weighted by Crippen LogP contribution is -2.03. The van der Waals surface area contributed by atoms with Gasteiger partial charge in [0.25, 0.3) is 0 Å². The molecule has 1 rings (SSSR count). The van der Waals surface area contributed by atoms with E-state index in [4.69, 9.17) is 0 Å². The first-order valence-electron chi connectivity index (χ1n) is 16.9. The molecule has 0 aromatic rings. The predicted octanol–water partition coefficient (Wildman–Crippen LogP) is 13.1. The van der Waals surface area contributed by atoms with Gasteiger partial charge in [-0.3, -0.25) is 0 Å². The number of unbranched alkanes of at least 4 members (excludes halogenated alkanes) is 24. The van der Waals surface area contributed by atoms with Gasteiger partial charge in [0.1, 0.15) is 0 Å². The second kappa shape index (κ2) is 25.8. The molecular formula is C34H68P+. The summed E-state index contributed by atoms with van der Waals surface area (Å²) in [6.07, 6.45) is 47.1. The lowest BCUT2D eigenvalue weighted by atomic mass is 10.0. The van der Waals surface area contributed by atoms with E-state index < -0.39 is 7.26 Å². The molecule has 0 fully saturated rings. The van der Waals surface area contributed by atoms with E-state index in [1.165, 1.54) is 173 Å². The van der Waals surface area contributed by atoms with E-state index >= 15 is 0 Å². The van der Waals surface area contributed by atoms with Crippen LogP contribution in [0.2, 0.25) is 0 Å². The fourth-order valence-corrected chi connectivity index (χ4v) is 10.2. The first-order chi connectivity index (χ1) is 17.3. The van der Waals surface area contributed by atoms with E-state index in [0.717, 1.165) is 0 Å². The highest BCUT2D eigenvalue weighted by atomic mass is 31.2. The second-order valence-electron chi connectivity index (χ2n) is 12.0. The SMILES string of the molecule is CCCCCCCCCCCCCCC[P+]1(CCCCCCCCCCCCCCC)C=CCC1. The first kappa shape index (κ1) is 33.2. The van der Waals surface area contributed by atoms with E-state index in [-0.39, 0.29) is 0 Å². The molecule has 35 heavy (non-hydrogen) atoms. The predicted molar refractivity (Wildman–Crippen MR) is 167 cm³/mol. The van der Waals surface area contributed by atoms with Crippen molar-refractivity contribution >= 4 is 7.26 Å². The Morgan fingerprint density at radius 3 is 0.943 bits per heavy atom. The summed E-state index contributed by atoms with van der Waals surface area (Å²) in [5, 5.41) is 0. The Balaban J connectivity index is 1.90. The molecule has 208 valence electrons. The first-order valence-corrected chi connectivity index (χ1v) is 19.3. The minimum absolute atomic E-state index is 0.692. The van der Waals surface area contributed by atoms with E-state index in [1.54, 1.807) is 18.5 Å². The molecule has 0 unspecified atom stereocenters. The van der Waals surface area contributed by atoms with Gasteiger partial charge in [0.15, 0.2) is 0 Å². The van der Waals surface area contributed by atoms with Gasteiger partial charge in [-0.25, -0.2) is 0 Å². The highest BCUT2D eigenvalue weighted by Gasteiger charge is 2.35. The average Bonchev–Trinajstić information content (AvgIpc) is 3.34. The van der Waals surface area contributed by atoms with Gasteiger partial charge in [-0.2, -0.15) is 0 Å². The van der Waals surface area contributed by atoms with Crippen LogP contribution in [0.5, 0.6) is 0 Å². The number of hydrogen-bond acceptors (Lipinski definition) is 0. The van der Waals surface area contributed by atoms with Crippen LogP contribution in [0.3, 0.4) is 0 Å². The van der Waals surface area contributed by atoms with Crippen molar-refractivity contribution in [3.8, 4) is 0 Å². The lowest BCUT2D eigenvalue weighted by Gasteiger charge is -2.20. The van der Waals surface area contributed by atoms with Gasteiger partial charge in [0.2, 0.25) is 0 Å². The highest BCUT2D eigenvalue weighted by Crippen LogP contribution is 2.64. The van der Waals surface area contributed by atoms with Crippen molar-refractivity contribution in [3.63, 3.8) is 0 Å². The van der Waals surface area contributed by atoms with Crippen LogP contribution in [0.1, 0.15) is 187 Å². The smallest absolute Gasteiger partial charge is 0.0654 e. The van der Waals surface area contributed by atoms with Gasteiger partial charge in [-0.05, 0) is 31.8 Å². The molecule has 0 bridgehead atoms. The maximum Gasteiger partial charge on any atom is 0.0671 e. The Bertz CT molecular complexity index is 410. The Hall–Kier alpha value is 0.170. The molecule has 0 saturated heterocycles. The maximum absolute atomic E-state index is 2.74. The highest BCUT2D eigenvalue weighted by molar-refractivity contribution is 7.79. The summed E-state index contributed by atoms with van der Waals surface area (Å²) in [7, 11) is -0.692. The van der Waals surface area contributed by atoms with Crippen LogP contribution in [0.25, 0.3) is 0 Å². The topological polar surface area (TPSA) is 0 Å². The van der Waals surface area contributed by atoms with Crippen molar-refractivity contribution in [1.82, 2.24) is 0 Å². The minimum Gasteiger partial charge on any atom is -0.0654 e. The molecule has 0 nitrogen and oxygen atoms in total. The Labute approximate surface area is 224 Å². The van der Waals surface area contributed by atoms with Crippen LogP contribution in [-0.2, 0) is 0 Å². The van der Waals surface area contributed by atoms with Crippen LogP contribution in [0, 0.1) is 0 Å². The van der Waals surface area contributed by atoms with Crippen molar-refractivity contribution < 1.29 is 0 Å². The number of rotatable bonds is 28. The van der Waals surface area contributed by atoms with Crippen molar-refractivity contribution in [2.75, 3.05) is 18.5 Å².